The summed E-state index contributed by atoms with van der Waals surface area (Å²) in [6.45, 7) is 0.642. The zero-order chi connectivity index (χ0) is 16.7. The number of fused-ring (bicyclic) bond motifs is 2. The van der Waals surface area contributed by atoms with Gasteiger partial charge in [0.1, 0.15) is 16.9 Å². The van der Waals surface area contributed by atoms with Gasteiger partial charge in [0.15, 0.2) is 5.13 Å². The van der Waals surface area contributed by atoms with E-state index in [4.69, 9.17) is 4.42 Å². The summed E-state index contributed by atoms with van der Waals surface area (Å²) >= 11 is 1.17. The zero-order valence-electron chi connectivity index (χ0n) is 12.9. The average Bonchev–Trinajstić information content (AvgIpc) is 3.12. The van der Waals surface area contributed by atoms with Crippen LogP contribution in [0.1, 0.15) is 62.4 Å². The maximum Gasteiger partial charge on any atom is 0.263 e. The fourth-order valence-electron chi connectivity index (χ4n) is 3.20. The SMILES string of the molecule is O=C(Nc1nc2c(s1)C(=O)NCCC2)c1coc2c1C(O)CCC2. The molecule has 2 aromatic heterocycles. The number of aromatic nitrogens is 1. The van der Waals surface area contributed by atoms with Crippen LogP contribution < -0.4 is 10.6 Å². The number of aliphatic hydroxyl groups is 1. The second-order valence-electron chi connectivity index (χ2n) is 6.00. The molecular weight excluding hydrogens is 330 g/mol. The van der Waals surface area contributed by atoms with Crippen LogP contribution in [0, 0.1) is 0 Å². The molecule has 7 nitrogen and oxygen atoms in total. The van der Waals surface area contributed by atoms with Gasteiger partial charge in [-0.05, 0) is 25.7 Å². The van der Waals surface area contributed by atoms with Crippen molar-refractivity contribution < 1.29 is 19.1 Å². The Morgan fingerprint density at radius 1 is 1.42 bits per heavy atom. The van der Waals surface area contributed by atoms with Crippen LogP contribution in [0.3, 0.4) is 0 Å². The van der Waals surface area contributed by atoms with Crippen LogP contribution in [-0.2, 0) is 12.8 Å². The minimum absolute atomic E-state index is 0.142. The number of thiazole rings is 1. The zero-order valence-corrected chi connectivity index (χ0v) is 13.7. The Balaban J connectivity index is 1.58. The summed E-state index contributed by atoms with van der Waals surface area (Å²) in [4.78, 5) is 29.4. The van der Waals surface area contributed by atoms with Gasteiger partial charge in [0, 0.05) is 18.5 Å². The first-order chi connectivity index (χ1) is 11.6. The molecule has 1 aliphatic heterocycles. The number of rotatable bonds is 2. The van der Waals surface area contributed by atoms with Crippen LogP contribution in [0.5, 0.6) is 0 Å². The van der Waals surface area contributed by atoms with E-state index in [1.54, 1.807) is 0 Å². The van der Waals surface area contributed by atoms with E-state index in [9.17, 15) is 14.7 Å². The monoisotopic (exact) mass is 347 g/mol. The molecule has 2 aliphatic rings. The maximum atomic E-state index is 12.5. The molecule has 3 heterocycles. The number of carbonyl (C=O) groups excluding carboxylic acids is 2. The van der Waals surface area contributed by atoms with Gasteiger partial charge in [0.05, 0.1) is 17.4 Å². The minimum Gasteiger partial charge on any atom is -0.468 e. The van der Waals surface area contributed by atoms with Gasteiger partial charge >= 0.3 is 0 Å². The number of nitrogens with one attached hydrogen (secondary N) is 2. The molecular formula is C16H17N3O4S. The number of amides is 2. The molecule has 4 rings (SSSR count). The Bertz CT molecular complexity index is 810. The lowest BCUT2D eigenvalue weighted by molar-refractivity contribution is 0.0958. The van der Waals surface area contributed by atoms with E-state index in [-0.39, 0.29) is 11.8 Å². The van der Waals surface area contributed by atoms with Crippen molar-refractivity contribution in [2.24, 2.45) is 0 Å². The molecule has 1 unspecified atom stereocenters. The first-order valence-electron chi connectivity index (χ1n) is 8.01. The first-order valence-corrected chi connectivity index (χ1v) is 8.82. The molecule has 0 saturated carbocycles. The van der Waals surface area contributed by atoms with Gasteiger partial charge in [0.2, 0.25) is 0 Å². The molecule has 126 valence electrons. The highest BCUT2D eigenvalue weighted by molar-refractivity contribution is 7.17. The summed E-state index contributed by atoms with van der Waals surface area (Å²) in [6.07, 6.45) is 4.45. The summed E-state index contributed by atoms with van der Waals surface area (Å²) in [5.74, 6) is 0.162. The van der Waals surface area contributed by atoms with Gasteiger partial charge in [-0.25, -0.2) is 4.98 Å². The van der Waals surface area contributed by atoms with Gasteiger partial charge in [-0.2, -0.15) is 0 Å². The normalized spacial score (nSPS) is 19.9. The molecule has 2 aromatic rings. The van der Waals surface area contributed by atoms with Crippen LogP contribution >= 0.6 is 11.3 Å². The summed E-state index contributed by atoms with van der Waals surface area (Å²) < 4.78 is 5.43. The highest BCUT2D eigenvalue weighted by Crippen LogP contribution is 2.34. The molecule has 1 aliphatic carbocycles. The van der Waals surface area contributed by atoms with Gasteiger partial charge < -0.3 is 14.8 Å². The summed E-state index contributed by atoms with van der Waals surface area (Å²) in [5, 5.41) is 16.1. The van der Waals surface area contributed by atoms with Crippen molar-refractivity contribution in [3.8, 4) is 0 Å². The molecule has 0 radical (unpaired) electrons. The van der Waals surface area contributed by atoms with E-state index < -0.39 is 6.10 Å². The fraction of sp³-hybridized carbons (Fsp3) is 0.438. The molecule has 0 fully saturated rings. The Morgan fingerprint density at radius 2 is 2.29 bits per heavy atom. The lowest BCUT2D eigenvalue weighted by Crippen LogP contribution is -2.21. The van der Waals surface area contributed by atoms with Crippen molar-refractivity contribution in [1.82, 2.24) is 10.3 Å². The summed E-state index contributed by atoms with van der Waals surface area (Å²) in [5.41, 5.74) is 1.64. The van der Waals surface area contributed by atoms with Gasteiger partial charge in [0.25, 0.3) is 11.8 Å². The highest BCUT2D eigenvalue weighted by Gasteiger charge is 2.29. The Hall–Kier alpha value is -2.19. The second-order valence-corrected chi connectivity index (χ2v) is 7.00. The first kappa shape index (κ1) is 15.3. The number of carbonyl (C=O) groups is 2. The van der Waals surface area contributed by atoms with Gasteiger partial charge in [-0.3, -0.25) is 14.9 Å². The minimum atomic E-state index is -0.674. The lowest BCUT2D eigenvalue weighted by atomic mass is 9.92. The van der Waals surface area contributed by atoms with Crippen LogP contribution in [0.4, 0.5) is 5.13 Å². The number of aryl methyl sites for hydroxylation is 2. The molecule has 2 amide bonds. The standard InChI is InChI=1S/C16H17N3O4S/c20-10-4-1-5-11-12(10)8(7-23-11)14(21)19-16-18-9-3-2-6-17-15(22)13(9)24-16/h7,10,20H,1-6H2,(H,17,22)(H,18,19,21). The van der Waals surface area contributed by atoms with Crippen molar-refractivity contribution in [2.75, 3.05) is 11.9 Å². The molecule has 3 N–H and O–H groups in total. The van der Waals surface area contributed by atoms with E-state index in [1.807, 2.05) is 0 Å². The van der Waals surface area contributed by atoms with Crippen molar-refractivity contribution >= 4 is 28.3 Å². The smallest absolute Gasteiger partial charge is 0.263 e. The van der Waals surface area contributed by atoms with Crippen molar-refractivity contribution in [3.63, 3.8) is 0 Å². The molecule has 0 aromatic carbocycles. The Kier molecular flexibility index (Phi) is 3.85. The predicted octanol–water partition coefficient (Wildman–Crippen LogP) is 2.03. The summed E-state index contributed by atoms with van der Waals surface area (Å²) in [6, 6.07) is 0. The topological polar surface area (TPSA) is 104 Å². The number of nitrogens with zero attached hydrogens (tertiary/aromatic N) is 1. The Morgan fingerprint density at radius 3 is 3.17 bits per heavy atom. The molecule has 1 atom stereocenters. The van der Waals surface area contributed by atoms with Crippen LogP contribution in [0.25, 0.3) is 0 Å². The predicted molar refractivity (Wildman–Crippen MR) is 87.3 cm³/mol. The third-order valence-corrected chi connectivity index (χ3v) is 5.38. The third kappa shape index (κ3) is 2.61. The highest BCUT2D eigenvalue weighted by atomic mass is 32.1. The van der Waals surface area contributed by atoms with E-state index in [1.165, 1.54) is 17.6 Å². The third-order valence-electron chi connectivity index (χ3n) is 4.37. The van der Waals surface area contributed by atoms with Crippen molar-refractivity contribution in [3.05, 3.63) is 33.7 Å². The van der Waals surface area contributed by atoms with E-state index in [0.29, 0.717) is 46.3 Å². The average molecular weight is 347 g/mol. The van der Waals surface area contributed by atoms with E-state index in [2.05, 4.69) is 15.6 Å². The quantitative estimate of drug-likeness (QED) is 0.771. The number of hydrogen-bond acceptors (Lipinski definition) is 6. The maximum absolute atomic E-state index is 12.5. The van der Waals surface area contributed by atoms with Crippen LogP contribution in [-0.4, -0.2) is 28.4 Å². The lowest BCUT2D eigenvalue weighted by Gasteiger charge is -2.17. The molecule has 0 spiro atoms. The van der Waals surface area contributed by atoms with Crippen molar-refractivity contribution in [2.45, 2.75) is 38.2 Å². The van der Waals surface area contributed by atoms with Gasteiger partial charge in [-0.15, -0.1) is 0 Å². The summed E-state index contributed by atoms with van der Waals surface area (Å²) in [7, 11) is 0. The number of hydrogen-bond donors (Lipinski definition) is 3. The molecule has 0 saturated heterocycles. The van der Waals surface area contributed by atoms with E-state index >= 15 is 0 Å². The van der Waals surface area contributed by atoms with Crippen LogP contribution in [0.2, 0.25) is 0 Å². The molecule has 24 heavy (non-hydrogen) atoms. The largest absolute Gasteiger partial charge is 0.468 e. The fourth-order valence-corrected chi connectivity index (χ4v) is 4.12. The van der Waals surface area contributed by atoms with Crippen molar-refractivity contribution in [1.29, 1.82) is 0 Å². The van der Waals surface area contributed by atoms with Crippen LogP contribution in [0.15, 0.2) is 10.7 Å². The second kappa shape index (κ2) is 6.03. The van der Waals surface area contributed by atoms with Gasteiger partial charge in [-0.1, -0.05) is 11.3 Å². The molecule has 8 heteroatoms. The number of anilines is 1. The van der Waals surface area contributed by atoms with E-state index in [0.717, 1.165) is 25.0 Å². The Labute approximate surface area is 142 Å². The number of aliphatic hydroxyl groups excluding tert-OH is 1. The number of furan rings is 1. The molecule has 0 bridgehead atoms.